The van der Waals surface area contributed by atoms with Crippen molar-refractivity contribution in [3.63, 3.8) is 0 Å². The third kappa shape index (κ3) is 5.50. The molecule has 0 aliphatic carbocycles. The van der Waals surface area contributed by atoms with E-state index >= 15 is 0 Å². The Morgan fingerprint density at radius 3 is 2.07 bits per heavy atom. The predicted octanol–water partition coefficient (Wildman–Crippen LogP) is -8.18. The second kappa shape index (κ2) is 9.25. The number of carboxylic acid groups (broad SMARTS) is 2. The third-order valence-corrected chi connectivity index (χ3v) is 1.22. The second-order valence-corrected chi connectivity index (χ2v) is 1.97. The number of aromatic nitrogens is 1. The van der Waals surface area contributed by atoms with Crippen molar-refractivity contribution in [2.45, 2.75) is 0 Å². The number of carboxylic acids is 2. The molecule has 1 heterocycles. The minimum Gasteiger partial charge on any atom is -0.545 e. The first kappa shape index (κ1) is 18.6. The van der Waals surface area contributed by atoms with Gasteiger partial charge in [-0.15, -0.1) is 0 Å². The van der Waals surface area contributed by atoms with Gasteiger partial charge in [0, 0.05) is 11.8 Å². The van der Waals surface area contributed by atoms with E-state index in [0.717, 1.165) is 12.3 Å². The molecule has 0 saturated carbocycles. The molecular weight excluding hydrogens is 428 g/mol. The van der Waals surface area contributed by atoms with E-state index in [1.807, 2.05) is 0 Å². The maximum atomic E-state index is 10.3. The Balaban J connectivity index is 0. The van der Waals surface area contributed by atoms with Crippen LogP contribution in [0.15, 0.2) is 18.3 Å². The SMILES string of the molecule is O=C([O-])c1cccnc1C(=O)[O-].[Cs+].[Cs+]. The second-order valence-electron chi connectivity index (χ2n) is 1.97. The average Bonchev–Trinajstić information content (AvgIpc) is 2.04. The van der Waals surface area contributed by atoms with E-state index in [0.29, 0.717) is 0 Å². The maximum Gasteiger partial charge on any atom is 1.00 e. The fraction of sp³-hybridized carbons (Fsp3) is 0. The van der Waals surface area contributed by atoms with Gasteiger partial charge in [0.2, 0.25) is 0 Å². The topological polar surface area (TPSA) is 93.2 Å². The van der Waals surface area contributed by atoms with Gasteiger partial charge in [-0.3, -0.25) is 4.98 Å². The molecule has 0 amide bonds. The van der Waals surface area contributed by atoms with Crippen molar-refractivity contribution in [3.8, 4) is 0 Å². The van der Waals surface area contributed by atoms with E-state index in [1.54, 1.807) is 0 Å². The van der Waals surface area contributed by atoms with Crippen LogP contribution in [0.3, 0.4) is 0 Å². The number of carbonyl (C=O) groups excluding carboxylic acids is 2. The summed E-state index contributed by atoms with van der Waals surface area (Å²) < 4.78 is 0. The quantitative estimate of drug-likeness (QED) is 0.464. The van der Waals surface area contributed by atoms with Gasteiger partial charge in [0.25, 0.3) is 0 Å². The smallest absolute Gasteiger partial charge is 0.545 e. The normalized spacial score (nSPS) is 8.00. The summed E-state index contributed by atoms with van der Waals surface area (Å²) in [4.78, 5) is 23.9. The Labute approximate surface area is 198 Å². The summed E-state index contributed by atoms with van der Waals surface area (Å²) in [5.74, 6) is -3.21. The van der Waals surface area contributed by atoms with E-state index in [1.165, 1.54) is 6.07 Å². The molecule has 62 valence electrons. The molecule has 0 saturated heterocycles. The van der Waals surface area contributed by atoms with Gasteiger partial charge in [-0.2, -0.15) is 0 Å². The number of rotatable bonds is 2. The molecule has 0 spiro atoms. The average molecular weight is 431 g/mol. The minimum absolute atomic E-state index is 0. The van der Waals surface area contributed by atoms with Crippen LogP contribution >= 0.6 is 0 Å². The first-order valence-corrected chi connectivity index (χ1v) is 3.00. The van der Waals surface area contributed by atoms with Crippen LogP contribution < -0.4 is 148 Å². The maximum absolute atomic E-state index is 10.3. The van der Waals surface area contributed by atoms with Crippen LogP contribution in [0.1, 0.15) is 20.8 Å². The van der Waals surface area contributed by atoms with Crippen LogP contribution in [0.5, 0.6) is 0 Å². The van der Waals surface area contributed by atoms with Gasteiger partial charge < -0.3 is 19.8 Å². The number of pyridine rings is 1. The molecule has 0 aliphatic heterocycles. The van der Waals surface area contributed by atoms with Gasteiger partial charge in [0.15, 0.2) is 0 Å². The summed E-state index contributed by atoms with van der Waals surface area (Å²) in [6.45, 7) is 0. The van der Waals surface area contributed by atoms with E-state index in [2.05, 4.69) is 4.98 Å². The number of hydrogen-bond donors (Lipinski definition) is 0. The Hall–Kier alpha value is 2.19. The molecule has 0 aliphatic rings. The zero-order chi connectivity index (χ0) is 9.14. The fourth-order valence-electron chi connectivity index (χ4n) is 0.733. The first-order chi connectivity index (χ1) is 5.63. The van der Waals surface area contributed by atoms with Gasteiger partial charge in [0.1, 0.15) is 0 Å². The van der Waals surface area contributed by atoms with Crippen LogP contribution in [0, 0.1) is 0 Å². The minimum atomic E-state index is -1.63. The molecule has 5 nitrogen and oxygen atoms in total. The molecule has 7 heteroatoms. The third-order valence-electron chi connectivity index (χ3n) is 1.22. The van der Waals surface area contributed by atoms with Gasteiger partial charge in [-0.05, 0) is 12.1 Å². The molecule has 0 N–H and O–H groups in total. The predicted molar refractivity (Wildman–Crippen MR) is 32.9 cm³/mol. The number of nitrogens with zero attached hydrogens (tertiary/aromatic N) is 1. The fourth-order valence-corrected chi connectivity index (χ4v) is 0.733. The number of hydrogen-bond acceptors (Lipinski definition) is 5. The Bertz CT molecular complexity index is 309. The monoisotopic (exact) mass is 431 g/mol. The molecule has 1 aromatic rings. The van der Waals surface area contributed by atoms with Crippen molar-refractivity contribution < 1.29 is 158 Å². The summed E-state index contributed by atoms with van der Waals surface area (Å²) in [6, 6.07) is 2.39. The molecule has 1 rings (SSSR count). The Morgan fingerprint density at radius 1 is 1.14 bits per heavy atom. The van der Waals surface area contributed by atoms with Crippen LogP contribution in [-0.4, -0.2) is 16.9 Å². The Morgan fingerprint density at radius 2 is 1.71 bits per heavy atom. The summed E-state index contributed by atoms with van der Waals surface area (Å²) in [5, 5.41) is 20.5. The molecule has 0 fully saturated rings. The van der Waals surface area contributed by atoms with Crippen LogP contribution in [0.25, 0.3) is 0 Å². The largest absolute Gasteiger partial charge is 1.00 e. The zero-order valence-corrected chi connectivity index (χ0v) is 20.4. The van der Waals surface area contributed by atoms with Crippen molar-refractivity contribution in [3.05, 3.63) is 29.6 Å². The van der Waals surface area contributed by atoms with Crippen molar-refractivity contribution in [2.24, 2.45) is 0 Å². The molecule has 0 atom stereocenters. The summed E-state index contributed by atoms with van der Waals surface area (Å²) in [5.41, 5.74) is -1.09. The number of aromatic carboxylic acids is 2. The zero-order valence-electron chi connectivity index (χ0n) is 7.81. The van der Waals surface area contributed by atoms with Crippen LogP contribution in [0.2, 0.25) is 0 Å². The summed E-state index contributed by atoms with van der Waals surface area (Å²) in [6.07, 6.45) is 1.16. The summed E-state index contributed by atoms with van der Waals surface area (Å²) in [7, 11) is 0. The molecule has 0 unspecified atom stereocenters. The Kier molecular flexibility index (Phi) is 12.3. The molecule has 0 aromatic carbocycles. The van der Waals surface area contributed by atoms with Crippen LogP contribution in [0.4, 0.5) is 0 Å². The van der Waals surface area contributed by atoms with Crippen molar-refractivity contribution in [2.75, 3.05) is 0 Å². The molecule has 0 radical (unpaired) electrons. The molecule has 0 bridgehead atoms. The van der Waals surface area contributed by atoms with Gasteiger partial charge in [0.05, 0.1) is 17.6 Å². The van der Waals surface area contributed by atoms with E-state index in [4.69, 9.17) is 0 Å². The first-order valence-electron chi connectivity index (χ1n) is 3.00. The molecular formula is C7H3Cs2NO4. The van der Waals surface area contributed by atoms with Gasteiger partial charge >= 0.3 is 138 Å². The number of carbonyl (C=O) groups is 2. The van der Waals surface area contributed by atoms with Crippen molar-refractivity contribution >= 4 is 11.9 Å². The van der Waals surface area contributed by atoms with Gasteiger partial charge in [-0.25, -0.2) is 0 Å². The van der Waals surface area contributed by atoms with Gasteiger partial charge in [-0.1, -0.05) is 0 Å². The van der Waals surface area contributed by atoms with Crippen molar-refractivity contribution in [1.29, 1.82) is 0 Å². The summed E-state index contributed by atoms with van der Waals surface area (Å²) >= 11 is 0. The van der Waals surface area contributed by atoms with Crippen LogP contribution in [-0.2, 0) is 0 Å². The van der Waals surface area contributed by atoms with E-state index < -0.39 is 23.2 Å². The molecule has 14 heavy (non-hydrogen) atoms. The van der Waals surface area contributed by atoms with E-state index in [9.17, 15) is 19.8 Å². The standard InChI is InChI=1S/C7H5NO4.2Cs/c9-6(10)4-2-1-3-8-5(4)7(11)12;;/h1-3H,(H,9,10)(H,11,12);;/q;2*+1/p-2. The molecule has 1 aromatic heterocycles. The van der Waals surface area contributed by atoms with E-state index in [-0.39, 0.29) is 138 Å². The van der Waals surface area contributed by atoms with Crippen molar-refractivity contribution in [1.82, 2.24) is 4.98 Å².